The number of aliphatic carboxylic acids is 1. The number of carbonyl (C=O) groups is 7. The molecule has 1 heterocycles. The van der Waals surface area contributed by atoms with Crippen molar-refractivity contribution in [2.45, 2.75) is 168 Å². The Labute approximate surface area is 311 Å². The van der Waals surface area contributed by atoms with E-state index in [0.717, 1.165) is 19.3 Å². The van der Waals surface area contributed by atoms with E-state index < -0.39 is 72.8 Å². The van der Waals surface area contributed by atoms with Crippen LogP contribution < -0.4 is 26.6 Å². The third-order valence-electron chi connectivity index (χ3n) is 9.44. The Morgan fingerprint density at radius 1 is 0.635 bits per heavy atom. The van der Waals surface area contributed by atoms with Crippen LogP contribution in [0.5, 0.6) is 0 Å². The molecule has 0 saturated carbocycles. The number of hydrogen-bond acceptors (Lipinski definition) is 7. The van der Waals surface area contributed by atoms with Crippen molar-refractivity contribution in [2.75, 3.05) is 19.6 Å². The quantitative estimate of drug-likeness (QED) is 0.0687. The van der Waals surface area contributed by atoms with Gasteiger partial charge >= 0.3 is 5.97 Å². The van der Waals surface area contributed by atoms with Gasteiger partial charge in [-0.15, -0.1) is 0 Å². The average Bonchev–Trinajstić information content (AvgIpc) is 3.59. The number of rotatable bonds is 27. The molecule has 0 radical (unpaired) electrons. The smallest absolute Gasteiger partial charge is 0.322 e. The molecular formula is C38H68N6O8. The number of unbranched alkanes of at least 4 members (excludes halogenated alkanes) is 12. The molecule has 1 fully saturated rings. The molecule has 298 valence electrons. The number of amides is 6. The van der Waals surface area contributed by atoms with Gasteiger partial charge in [0, 0.05) is 13.0 Å². The molecule has 0 aromatic heterocycles. The van der Waals surface area contributed by atoms with Crippen molar-refractivity contribution >= 4 is 41.4 Å². The van der Waals surface area contributed by atoms with Gasteiger partial charge < -0.3 is 36.6 Å². The molecule has 1 aliphatic rings. The maximum Gasteiger partial charge on any atom is 0.322 e. The Morgan fingerprint density at radius 2 is 1.13 bits per heavy atom. The van der Waals surface area contributed by atoms with E-state index in [1.165, 1.54) is 76.0 Å². The molecule has 4 atom stereocenters. The van der Waals surface area contributed by atoms with Crippen LogP contribution in [-0.4, -0.2) is 95.2 Å². The molecule has 1 saturated heterocycles. The molecule has 0 bridgehead atoms. The highest BCUT2D eigenvalue weighted by Crippen LogP contribution is 2.19. The fraction of sp³-hybridized carbons (Fsp3) is 0.816. The molecule has 0 spiro atoms. The minimum Gasteiger partial charge on any atom is -0.480 e. The summed E-state index contributed by atoms with van der Waals surface area (Å²) in [6.45, 7) is 10.1. The van der Waals surface area contributed by atoms with Gasteiger partial charge in [-0.25, -0.2) is 0 Å². The first-order chi connectivity index (χ1) is 24.7. The Kier molecular flexibility index (Phi) is 23.3. The lowest BCUT2D eigenvalue weighted by atomic mass is 10.0. The second-order valence-electron chi connectivity index (χ2n) is 14.8. The van der Waals surface area contributed by atoms with E-state index in [0.29, 0.717) is 19.3 Å². The van der Waals surface area contributed by atoms with E-state index in [2.05, 4.69) is 33.5 Å². The number of hydrogen-bond donors (Lipinski definition) is 6. The van der Waals surface area contributed by atoms with Crippen LogP contribution in [0.15, 0.2) is 0 Å². The van der Waals surface area contributed by atoms with Crippen LogP contribution >= 0.6 is 0 Å². The van der Waals surface area contributed by atoms with Crippen LogP contribution in [-0.2, 0) is 33.6 Å². The van der Waals surface area contributed by atoms with Gasteiger partial charge in [-0.1, -0.05) is 112 Å². The van der Waals surface area contributed by atoms with Crippen LogP contribution in [0.1, 0.15) is 144 Å². The summed E-state index contributed by atoms with van der Waals surface area (Å²) in [5.41, 5.74) is 0. The number of carboxylic acids is 1. The maximum atomic E-state index is 13.2. The Bertz CT molecular complexity index is 1150. The zero-order valence-electron chi connectivity index (χ0n) is 32.7. The van der Waals surface area contributed by atoms with Crippen LogP contribution in [0.25, 0.3) is 0 Å². The van der Waals surface area contributed by atoms with Gasteiger partial charge in [-0.3, -0.25) is 33.6 Å². The van der Waals surface area contributed by atoms with Gasteiger partial charge in [0.05, 0.1) is 6.54 Å². The van der Waals surface area contributed by atoms with Crippen molar-refractivity contribution in [3.63, 3.8) is 0 Å². The van der Waals surface area contributed by atoms with Gasteiger partial charge in [0.25, 0.3) is 0 Å². The maximum absolute atomic E-state index is 13.2. The highest BCUT2D eigenvalue weighted by molar-refractivity contribution is 5.96. The monoisotopic (exact) mass is 737 g/mol. The first kappa shape index (κ1) is 46.3. The van der Waals surface area contributed by atoms with Crippen LogP contribution in [0.4, 0.5) is 0 Å². The number of likely N-dealkylation sites (tertiary alicyclic amines) is 1. The van der Waals surface area contributed by atoms with E-state index >= 15 is 0 Å². The summed E-state index contributed by atoms with van der Waals surface area (Å²) in [7, 11) is 0. The van der Waals surface area contributed by atoms with Crippen LogP contribution in [0.2, 0.25) is 0 Å². The second kappa shape index (κ2) is 26.1. The fourth-order valence-electron chi connectivity index (χ4n) is 6.32. The molecule has 1 rings (SSSR count). The van der Waals surface area contributed by atoms with Gasteiger partial charge in [0.1, 0.15) is 30.7 Å². The van der Waals surface area contributed by atoms with Crippen molar-refractivity contribution in [3.05, 3.63) is 0 Å². The predicted molar refractivity (Wildman–Crippen MR) is 200 cm³/mol. The lowest BCUT2D eigenvalue weighted by Gasteiger charge is -2.29. The second-order valence-corrected chi connectivity index (χ2v) is 14.8. The summed E-state index contributed by atoms with van der Waals surface area (Å²) in [4.78, 5) is 89.3. The first-order valence-corrected chi connectivity index (χ1v) is 19.7. The van der Waals surface area contributed by atoms with Crippen molar-refractivity contribution < 1.29 is 38.7 Å². The summed E-state index contributed by atoms with van der Waals surface area (Å²) in [6, 6.07) is -3.70. The lowest BCUT2D eigenvalue weighted by Crippen LogP contribution is -2.58. The van der Waals surface area contributed by atoms with Crippen LogP contribution in [0.3, 0.4) is 0 Å². The summed E-state index contributed by atoms with van der Waals surface area (Å²) in [5, 5.41) is 21.7. The van der Waals surface area contributed by atoms with Gasteiger partial charge in [-0.2, -0.15) is 0 Å². The largest absolute Gasteiger partial charge is 0.480 e. The van der Waals surface area contributed by atoms with E-state index in [-0.39, 0.29) is 24.3 Å². The average molecular weight is 737 g/mol. The minimum absolute atomic E-state index is 0.206. The number of nitrogens with one attached hydrogen (secondary N) is 5. The van der Waals surface area contributed by atoms with Crippen molar-refractivity contribution in [1.29, 1.82) is 0 Å². The summed E-state index contributed by atoms with van der Waals surface area (Å²) < 4.78 is 0. The molecule has 0 aliphatic carbocycles. The number of carbonyl (C=O) groups excluding carboxylic acids is 6. The molecule has 4 unspecified atom stereocenters. The number of carboxylic acid groups (broad SMARTS) is 1. The molecule has 0 aromatic carbocycles. The van der Waals surface area contributed by atoms with E-state index in [4.69, 9.17) is 5.11 Å². The van der Waals surface area contributed by atoms with Gasteiger partial charge in [0.2, 0.25) is 35.4 Å². The molecule has 1 aliphatic heterocycles. The molecule has 0 aromatic rings. The highest BCUT2D eigenvalue weighted by atomic mass is 16.4. The fourth-order valence-corrected chi connectivity index (χ4v) is 6.32. The first-order valence-electron chi connectivity index (χ1n) is 19.7. The SMILES string of the molecule is CCCCCCCCCCCCCCCC(=O)NC(C(=O)NCC(=O)NC(C(=O)NC(C)C(=O)N1CCCC1C(=O)NCC(=O)O)C(C)C)C(C)C. The standard InChI is InChI=1S/C38H68N6O8/c1-7-8-9-10-11-12-13-14-15-16-17-18-19-22-30(45)42-33(26(2)3)36(50)39-24-31(46)43-34(27(4)5)37(51)41-28(6)38(52)44-23-20-21-29(44)35(49)40-25-32(47)48/h26-29,33-34H,7-25H2,1-6H3,(H,39,50)(H,40,49)(H,41,51)(H,42,45)(H,43,46)(H,47,48). The Morgan fingerprint density at radius 3 is 1.65 bits per heavy atom. The minimum atomic E-state index is -1.20. The van der Waals surface area contributed by atoms with Crippen LogP contribution in [0, 0.1) is 11.8 Å². The van der Waals surface area contributed by atoms with Gasteiger partial charge in [0.15, 0.2) is 0 Å². The molecule has 6 N–H and O–H groups in total. The molecule has 14 nitrogen and oxygen atoms in total. The van der Waals surface area contributed by atoms with Gasteiger partial charge in [-0.05, 0) is 38.0 Å². The number of nitrogens with zero attached hydrogens (tertiary/aromatic N) is 1. The van der Waals surface area contributed by atoms with Crippen molar-refractivity contribution in [3.8, 4) is 0 Å². The van der Waals surface area contributed by atoms with Crippen molar-refractivity contribution in [1.82, 2.24) is 31.5 Å². The lowest BCUT2D eigenvalue weighted by molar-refractivity contribution is -0.142. The molecular weight excluding hydrogens is 668 g/mol. The highest BCUT2D eigenvalue weighted by Gasteiger charge is 2.37. The normalized spacial score (nSPS) is 15.8. The molecule has 52 heavy (non-hydrogen) atoms. The third kappa shape index (κ3) is 18.7. The topological polar surface area (TPSA) is 203 Å². The van der Waals surface area contributed by atoms with E-state index in [1.54, 1.807) is 13.8 Å². The molecule has 6 amide bonds. The summed E-state index contributed by atoms with van der Waals surface area (Å²) in [6.07, 6.45) is 17.0. The summed E-state index contributed by atoms with van der Waals surface area (Å²) >= 11 is 0. The van der Waals surface area contributed by atoms with E-state index in [1.807, 2.05) is 13.8 Å². The van der Waals surface area contributed by atoms with Crippen molar-refractivity contribution in [2.24, 2.45) is 11.8 Å². The predicted octanol–water partition coefficient (Wildman–Crippen LogP) is 3.56. The summed E-state index contributed by atoms with van der Waals surface area (Å²) in [5.74, 6) is -4.79. The molecule has 14 heteroatoms. The third-order valence-corrected chi connectivity index (χ3v) is 9.44. The van der Waals surface area contributed by atoms with E-state index in [9.17, 15) is 33.6 Å². The zero-order chi connectivity index (χ0) is 39.1. The Balaban J connectivity index is 2.47. The Hall–Kier alpha value is -3.71. The zero-order valence-corrected chi connectivity index (χ0v) is 32.7.